The van der Waals surface area contributed by atoms with Gasteiger partial charge in [0.25, 0.3) is 0 Å². The van der Waals surface area contributed by atoms with Gasteiger partial charge in [0.05, 0.1) is 0 Å². The summed E-state index contributed by atoms with van der Waals surface area (Å²) in [5, 5.41) is 0. The van der Waals surface area contributed by atoms with Crippen LogP contribution in [0.1, 0.15) is 0 Å². The number of nitrogens with zero attached hydrogens (tertiary/aromatic N) is 1. The van der Waals surface area contributed by atoms with Gasteiger partial charge in [-0.3, -0.25) is 4.98 Å². The van der Waals surface area contributed by atoms with Crippen LogP contribution in [0, 0.1) is 17.5 Å². The number of sulfone groups is 1. The van der Waals surface area contributed by atoms with Gasteiger partial charge in [0.2, 0.25) is 0 Å². The Morgan fingerprint density at radius 3 is 2.16 bits per heavy atom. The van der Waals surface area contributed by atoms with Crippen LogP contribution in [-0.2, 0) is 9.84 Å². The highest BCUT2D eigenvalue weighted by Gasteiger charge is 2.22. The second-order valence-corrected chi connectivity index (χ2v) is 7.43. The quantitative estimate of drug-likeness (QED) is 0.699. The van der Waals surface area contributed by atoms with Crippen molar-refractivity contribution in [3.63, 3.8) is 0 Å². The third kappa shape index (κ3) is 3.41. The van der Waals surface area contributed by atoms with Gasteiger partial charge < -0.3 is 0 Å². The number of aromatic nitrogens is 1. The largest absolute Gasteiger partial charge is 0.264 e. The van der Waals surface area contributed by atoms with Crippen molar-refractivity contribution >= 4 is 9.84 Å². The Hall–Kier alpha value is -2.67. The number of rotatable bonds is 3. The Morgan fingerprint density at radius 2 is 1.56 bits per heavy atom. The van der Waals surface area contributed by atoms with E-state index in [9.17, 15) is 21.6 Å². The van der Waals surface area contributed by atoms with Gasteiger partial charge in [-0.2, -0.15) is 0 Å². The summed E-state index contributed by atoms with van der Waals surface area (Å²) in [5.74, 6) is -2.83. The van der Waals surface area contributed by atoms with Crippen LogP contribution >= 0.6 is 0 Å². The van der Waals surface area contributed by atoms with E-state index in [0.717, 1.165) is 18.4 Å². The lowest BCUT2D eigenvalue weighted by atomic mass is 9.96. The number of halogens is 3. The molecule has 3 aromatic rings. The molecular weight excluding hydrogens is 351 g/mol. The third-order valence-electron chi connectivity index (χ3n) is 3.64. The smallest absolute Gasteiger partial charge is 0.181 e. The number of pyridine rings is 1. The highest BCUT2D eigenvalue weighted by molar-refractivity contribution is 7.90. The molecule has 0 amide bonds. The standard InChI is InChI=1S/C18H12F3NO2S/c1-25(23,24)18-16(20)8-12(9-17(18)21)15-10-22-6-5-14(15)11-3-2-4-13(19)7-11/h2-10H,1H3. The normalized spacial score (nSPS) is 11.5. The summed E-state index contributed by atoms with van der Waals surface area (Å²) in [7, 11) is -4.05. The van der Waals surface area contributed by atoms with Crippen LogP contribution in [0.15, 0.2) is 59.8 Å². The summed E-state index contributed by atoms with van der Waals surface area (Å²) >= 11 is 0. The molecule has 0 radical (unpaired) electrons. The number of benzene rings is 2. The molecule has 1 aromatic heterocycles. The fourth-order valence-electron chi connectivity index (χ4n) is 2.60. The fraction of sp³-hybridized carbons (Fsp3) is 0.0556. The maximum atomic E-state index is 14.2. The maximum absolute atomic E-state index is 14.2. The molecule has 0 saturated heterocycles. The zero-order valence-corrected chi connectivity index (χ0v) is 13.8. The summed E-state index contributed by atoms with van der Waals surface area (Å²) < 4.78 is 64.9. The first-order valence-corrected chi connectivity index (χ1v) is 9.06. The first-order chi connectivity index (χ1) is 11.8. The predicted molar refractivity (Wildman–Crippen MR) is 88.1 cm³/mol. The summed E-state index contributed by atoms with van der Waals surface area (Å²) in [6, 6.07) is 9.19. The zero-order valence-electron chi connectivity index (χ0n) is 13.0. The second kappa shape index (κ2) is 6.33. The molecule has 1 heterocycles. The topological polar surface area (TPSA) is 47.0 Å². The molecule has 25 heavy (non-hydrogen) atoms. The molecule has 0 fully saturated rings. The zero-order chi connectivity index (χ0) is 18.2. The Balaban J connectivity index is 2.22. The molecular formula is C18H12F3NO2S. The van der Waals surface area contributed by atoms with Crippen LogP contribution in [0.3, 0.4) is 0 Å². The molecule has 0 aliphatic carbocycles. The van der Waals surface area contributed by atoms with E-state index in [1.807, 2.05) is 0 Å². The second-order valence-electron chi connectivity index (χ2n) is 5.47. The fourth-order valence-corrected chi connectivity index (χ4v) is 3.43. The first-order valence-electron chi connectivity index (χ1n) is 7.17. The van der Waals surface area contributed by atoms with Crippen molar-refractivity contribution in [3.05, 3.63) is 72.3 Å². The Bertz CT molecular complexity index is 1040. The van der Waals surface area contributed by atoms with Gasteiger partial charge in [-0.05, 0) is 47.0 Å². The van der Waals surface area contributed by atoms with Gasteiger partial charge in [0.15, 0.2) is 9.84 Å². The summed E-state index contributed by atoms with van der Waals surface area (Å²) in [6.45, 7) is 0. The molecule has 0 aliphatic rings. The van der Waals surface area contributed by atoms with Crippen molar-refractivity contribution in [2.75, 3.05) is 6.26 Å². The van der Waals surface area contributed by atoms with Crippen molar-refractivity contribution in [1.82, 2.24) is 4.98 Å². The van der Waals surface area contributed by atoms with E-state index < -0.39 is 32.2 Å². The first kappa shape index (κ1) is 17.2. The van der Waals surface area contributed by atoms with E-state index in [2.05, 4.69) is 4.98 Å². The lowest BCUT2D eigenvalue weighted by molar-refractivity contribution is 0.522. The van der Waals surface area contributed by atoms with E-state index in [1.54, 1.807) is 12.1 Å². The van der Waals surface area contributed by atoms with Crippen molar-refractivity contribution in [3.8, 4) is 22.3 Å². The lowest BCUT2D eigenvalue weighted by Gasteiger charge is -2.11. The van der Waals surface area contributed by atoms with Gasteiger partial charge in [-0.1, -0.05) is 12.1 Å². The molecule has 0 spiro atoms. The summed E-state index contributed by atoms with van der Waals surface area (Å²) in [5.41, 5.74) is 1.48. The molecule has 3 rings (SSSR count). The predicted octanol–water partition coefficient (Wildman–Crippen LogP) is 4.24. The minimum atomic E-state index is -4.05. The summed E-state index contributed by atoms with van der Waals surface area (Å²) in [6.07, 6.45) is 3.59. The van der Waals surface area contributed by atoms with Crippen LogP contribution in [-0.4, -0.2) is 19.7 Å². The van der Waals surface area contributed by atoms with Crippen LogP contribution in [0.25, 0.3) is 22.3 Å². The maximum Gasteiger partial charge on any atom is 0.181 e. The number of hydrogen-bond acceptors (Lipinski definition) is 3. The molecule has 7 heteroatoms. The van der Waals surface area contributed by atoms with E-state index in [-0.39, 0.29) is 5.56 Å². The molecule has 128 valence electrons. The van der Waals surface area contributed by atoms with Gasteiger partial charge in [-0.25, -0.2) is 21.6 Å². The van der Waals surface area contributed by atoms with Gasteiger partial charge in [-0.15, -0.1) is 0 Å². The van der Waals surface area contributed by atoms with Crippen molar-refractivity contribution < 1.29 is 21.6 Å². The minimum Gasteiger partial charge on any atom is -0.264 e. The lowest BCUT2D eigenvalue weighted by Crippen LogP contribution is -2.05. The SMILES string of the molecule is CS(=O)(=O)c1c(F)cc(-c2cnccc2-c2cccc(F)c2)cc1F. The molecule has 0 aliphatic heterocycles. The molecule has 0 atom stereocenters. The van der Waals surface area contributed by atoms with E-state index >= 15 is 0 Å². The van der Waals surface area contributed by atoms with E-state index in [0.29, 0.717) is 16.7 Å². The average molecular weight is 363 g/mol. The van der Waals surface area contributed by atoms with Crippen molar-refractivity contribution in [2.24, 2.45) is 0 Å². The van der Waals surface area contributed by atoms with Crippen LogP contribution in [0.5, 0.6) is 0 Å². The van der Waals surface area contributed by atoms with Crippen molar-refractivity contribution in [2.45, 2.75) is 4.90 Å². The Kier molecular flexibility index (Phi) is 4.34. The average Bonchev–Trinajstić information content (AvgIpc) is 2.53. The molecule has 3 nitrogen and oxygen atoms in total. The van der Waals surface area contributed by atoms with Crippen LogP contribution in [0.2, 0.25) is 0 Å². The minimum absolute atomic E-state index is 0.106. The Morgan fingerprint density at radius 1 is 0.880 bits per heavy atom. The van der Waals surface area contributed by atoms with E-state index in [1.165, 1.54) is 30.6 Å². The highest BCUT2D eigenvalue weighted by Crippen LogP contribution is 2.34. The molecule has 0 bridgehead atoms. The van der Waals surface area contributed by atoms with Crippen molar-refractivity contribution in [1.29, 1.82) is 0 Å². The van der Waals surface area contributed by atoms with Gasteiger partial charge >= 0.3 is 0 Å². The Labute approximate surface area is 142 Å². The molecule has 0 unspecified atom stereocenters. The molecule has 0 N–H and O–H groups in total. The molecule has 2 aromatic carbocycles. The van der Waals surface area contributed by atoms with E-state index in [4.69, 9.17) is 0 Å². The van der Waals surface area contributed by atoms with Crippen LogP contribution < -0.4 is 0 Å². The van der Waals surface area contributed by atoms with Gasteiger partial charge in [0, 0.05) is 24.2 Å². The third-order valence-corrected chi connectivity index (χ3v) is 4.77. The monoisotopic (exact) mass is 363 g/mol. The van der Waals surface area contributed by atoms with Gasteiger partial charge in [0.1, 0.15) is 22.3 Å². The highest BCUT2D eigenvalue weighted by atomic mass is 32.2. The van der Waals surface area contributed by atoms with Crippen LogP contribution in [0.4, 0.5) is 13.2 Å². The summed E-state index contributed by atoms with van der Waals surface area (Å²) in [4.78, 5) is 2.96. The number of hydrogen-bond donors (Lipinski definition) is 0. The molecule has 0 saturated carbocycles.